The van der Waals surface area contributed by atoms with Crippen LogP contribution >= 0.6 is 0 Å². The number of anilines is 1. The van der Waals surface area contributed by atoms with Gasteiger partial charge in [-0.1, -0.05) is 0 Å². The Morgan fingerprint density at radius 1 is 1.47 bits per heavy atom. The average Bonchev–Trinajstić information content (AvgIpc) is 2.66. The van der Waals surface area contributed by atoms with Crippen molar-refractivity contribution in [3.05, 3.63) is 35.2 Å². The summed E-state index contributed by atoms with van der Waals surface area (Å²) < 4.78 is 5.40. The zero-order chi connectivity index (χ0) is 12.3. The second-order valence-electron chi connectivity index (χ2n) is 3.51. The summed E-state index contributed by atoms with van der Waals surface area (Å²) in [6, 6.07) is 3.63. The summed E-state index contributed by atoms with van der Waals surface area (Å²) in [4.78, 5) is 4.22. The minimum atomic E-state index is 0.377. The molecule has 0 aliphatic rings. The summed E-state index contributed by atoms with van der Waals surface area (Å²) in [5.74, 6) is 1.79. The summed E-state index contributed by atoms with van der Waals surface area (Å²) in [5.41, 5.74) is 1.31. The fraction of sp³-hybridized carbons (Fsp3) is 0.273. The van der Waals surface area contributed by atoms with E-state index < -0.39 is 0 Å². The lowest BCUT2D eigenvalue weighted by Gasteiger charge is -2.02. The van der Waals surface area contributed by atoms with E-state index in [9.17, 15) is 0 Å². The van der Waals surface area contributed by atoms with Gasteiger partial charge in [-0.05, 0) is 19.9 Å². The van der Waals surface area contributed by atoms with Crippen LogP contribution in [0, 0.1) is 25.2 Å². The second kappa shape index (κ2) is 4.61. The van der Waals surface area contributed by atoms with Gasteiger partial charge in [-0.2, -0.15) is 10.4 Å². The van der Waals surface area contributed by atoms with Gasteiger partial charge in [0.25, 0.3) is 0 Å². The Labute approximate surface area is 98.3 Å². The molecule has 0 fully saturated rings. The molecule has 0 aromatic carbocycles. The number of nitriles is 1. The molecule has 0 aliphatic carbocycles. The van der Waals surface area contributed by atoms with Gasteiger partial charge in [0.15, 0.2) is 5.82 Å². The van der Waals surface area contributed by atoms with Crippen LogP contribution in [0.1, 0.15) is 22.9 Å². The number of oxazole rings is 1. The Morgan fingerprint density at radius 3 is 2.94 bits per heavy atom. The van der Waals surface area contributed by atoms with E-state index in [4.69, 9.17) is 9.68 Å². The molecule has 17 heavy (non-hydrogen) atoms. The number of aromatic nitrogens is 3. The third-order valence-corrected chi connectivity index (χ3v) is 2.32. The van der Waals surface area contributed by atoms with E-state index >= 15 is 0 Å². The molecule has 0 saturated carbocycles. The van der Waals surface area contributed by atoms with E-state index in [0.29, 0.717) is 23.8 Å². The molecule has 0 bridgehead atoms. The van der Waals surface area contributed by atoms with Crippen molar-refractivity contribution in [1.82, 2.24) is 15.2 Å². The maximum atomic E-state index is 8.87. The molecule has 2 rings (SSSR count). The van der Waals surface area contributed by atoms with Gasteiger partial charge >= 0.3 is 0 Å². The first kappa shape index (κ1) is 11.1. The van der Waals surface area contributed by atoms with Gasteiger partial charge in [0.1, 0.15) is 11.8 Å². The van der Waals surface area contributed by atoms with Gasteiger partial charge in [-0.25, -0.2) is 4.98 Å². The third kappa shape index (κ3) is 2.39. The smallest absolute Gasteiger partial charge is 0.213 e. The molecule has 0 amide bonds. The standard InChI is InChI=1S/C11H11N5O/c1-7-8(2)17-10(15-7)6-13-11-9(5-12)3-4-14-16-11/h3-4H,6H2,1-2H3,(H,13,16). The van der Waals surface area contributed by atoms with Crippen molar-refractivity contribution < 1.29 is 4.42 Å². The molecule has 6 nitrogen and oxygen atoms in total. The molecule has 2 aromatic heterocycles. The van der Waals surface area contributed by atoms with Crippen molar-refractivity contribution in [2.45, 2.75) is 20.4 Å². The lowest BCUT2D eigenvalue weighted by Crippen LogP contribution is -2.04. The van der Waals surface area contributed by atoms with Crippen molar-refractivity contribution in [3.8, 4) is 6.07 Å². The normalized spacial score (nSPS) is 9.94. The van der Waals surface area contributed by atoms with Crippen molar-refractivity contribution in [1.29, 1.82) is 5.26 Å². The zero-order valence-corrected chi connectivity index (χ0v) is 9.56. The Kier molecular flexibility index (Phi) is 3.01. The average molecular weight is 229 g/mol. The fourth-order valence-corrected chi connectivity index (χ4v) is 1.33. The summed E-state index contributed by atoms with van der Waals surface area (Å²) in [6.07, 6.45) is 1.48. The molecule has 0 aliphatic heterocycles. The highest BCUT2D eigenvalue weighted by molar-refractivity contribution is 5.49. The van der Waals surface area contributed by atoms with E-state index in [0.717, 1.165) is 11.5 Å². The molecule has 1 N–H and O–H groups in total. The highest BCUT2D eigenvalue weighted by Crippen LogP contribution is 2.12. The quantitative estimate of drug-likeness (QED) is 0.859. The Balaban J connectivity index is 2.10. The van der Waals surface area contributed by atoms with E-state index in [1.807, 2.05) is 19.9 Å². The first-order valence-corrected chi connectivity index (χ1v) is 5.09. The third-order valence-electron chi connectivity index (χ3n) is 2.32. The molecule has 2 heterocycles. The molecule has 0 spiro atoms. The van der Waals surface area contributed by atoms with Crippen molar-refractivity contribution in [2.75, 3.05) is 5.32 Å². The number of nitrogens with zero attached hydrogens (tertiary/aromatic N) is 4. The number of rotatable bonds is 3. The molecule has 2 aromatic rings. The predicted molar refractivity (Wildman–Crippen MR) is 60.1 cm³/mol. The second-order valence-corrected chi connectivity index (χ2v) is 3.51. The van der Waals surface area contributed by atoms with Crippen LogP contribution in [0.25, 0.3) is 0 Å². The van der Waals surface area contributed by atoms with Crippen LogP contribution in [-0.4, -0.2) is 15.2 Å². The molecule has 0 unspecified atom stereocenters. The van der Waals surface area contributed by atoms with Gasteiger partial charge in [-0.3, -0.25) is 0 Å². The van der Waals surface area contributed by atoms with E-state index in [1.54, 1.807) is 6.07 Å². The highest BCUT2D eigenvalue weighted by atomic mass is 16.4. The topological polar surface area (TPSA) is 87.6 Å². The van der Waals surface area contributed by atoms with Gasteiger partial charge in [0, 0.05) is 0 Å². The van der Waals surface area contributed by atoms with Crippen molar-refractivity contribution >= 4 is 5.82 Å². The molecule has 0 saturated heterocycles. The van der Waals surface area contributed by atoms with Gasteiger partial charge in [0.2, 0.25) is 5.89 Å². The molecular formula is C11H11N5O. The monoisotopic (exact) mass is 229 g/mol. The van der Waals surface area contributed by atoms with Crippen LogP contribution in [0.2, 0.25) is 0 Å². The van der Waals surface area contributed by atoms with Gasteiger partial charge in [-0.15, -0.1) is 5.10 Å². The summed E-state index contributed by atoms with van der Waals surface area (Å²) in [5, 5.41) is 19.4. The lowest BCUT2D eigenvalue weighted by atomic mass is 10.3. The van der Waals surface area contributed by atoms with Crippen molar-refractivity contribution in [2.24, 2.45) is 0 Å². The minimum Gasteiger partial charge on any atom is -0.444 e. The van der Waals surface area contributed by atoms with E-state index in [-0.39, 0.29) is 0 Å². The maximum absolute atomic E-state index is 8.87. The van der Waals surface area contributed by atoms with Crippen LogP contribution in [0.5, 0.6) is 0 Å². The van der Waals surface area contributed by atoms with Crippen LogP contribution < -0.4 is 5.32 Å². The number of hydrogen-bond donors (Lipinski definition) is 1. The first-order valence-electron chi connectivity index (χ1n) is 5.09. The van der Waals surface area contributed by atoms with Gasteiger partial charge < -0.3 is 9.73 Å². The SMILES string of the molecule is Cc1nc(CNc2nnccc2C#N)oc1C. The molecule has 6 heteroatoms. The summed E-state index contributed by atoms with van der Waals surface area (Å²) in [6.45, 7) is 4.11. The molecule has 86 valence electrons. The zero-order valence-electron chi connectivity index (χ0n) is 9.56. The Morgan fingerprint density at radius 2 is 2.29 bits per heavy atom. The largest absolute Gasteiger partial charge is 0.444 e. The number of aryl methyl sites for hydroxylation is 2. The molecule has 0 atom stereocenters. The number of nitrogens with one attached hydrogen (secondary N) is 1. The van der Waals surface area contributed by atoms with Gasteiger partial charge in [0.05, 0.1) is 24.0 Å². The Hall–Kier alpha value is -2.42. The summed E-state index contributed by atoms with van der Waals surface area (Å²) >= 11 is 0. The molecule has 0 radical (unpaired) electrons. The Bertz CT molecular complexity index is 550. The van der Waals surface area contributed by atoms with Crippen LogP contribution in [-0.2, 0) is 6.54 Å². The van der Waals surface area contributed by atoms with Crippen LogP contribution in [0.3, 0.4) is 0 Å². The summed E-state index contributed by atoms with van der Waals surface area (Å²) in [7, 11) is 0. The first-order chi connectivity index (χ1) is 8.20. The van der Waals surface area contributed by atoms with E-state index in [2.05, 4.69) is 20.5 Å². The van der Waals surface area contributed by atoms with Crippen molar-refractivity contribution in [3.63, 3.8) is 0 Å². The van der Waals surface area contributed by atoms with Crippen LogP contribution in [0.15, 0.2) is 16.7 Å². The van der Waals surface area contributed by atoms with Crippen LogP contribution in [0.4, 0.5) is 5.82 Å². The lowest BCUT2D eigenvalue weighted by molar-refractivity contribution is 0.478. The minimum absolute atomic E-state index is 0.377. The molecular weight excluding hydrogens is 218 g/mol. The fourth-order valence-electron chi connectivity index (χ4n) is 1.33. The maximum Gasteiger partial charge on any atom is 0.213 e. The van der Waals surface area contributed by atoms with E-state index in [1.165, 1.54) is 6.20 Å². The number of hydrogen-bond acceptors (Lipinski definition) is 6. The highest BCUT2D eigenvalue weighted by Gasteiger charge is 2.07. The predicted octanol–water partition coefficient (Wildman–Crippen LogP) is 1.57.